The number of hydrogen-bond acceptors (Lipinski definition) is 6. The lowest BCUT2D eigenvalue weighted by atomic mass is 9.92. The lowest BCUT2D eigenvalue weighted by Crippen LogP contribution is -2.37. The number of ether oxygens (including phenoxy) is 1. The van der Waals surface area contributed by atoms with Gasteiger partial charge >= 0.3 is 0 Å². The van der Waals surface area contributed by atoms with Crippen molar-refractivity contribution in [2.75, 3.05) is 43.2 Å². The number of rotatable bonds is 4. The van der Waals surface area contributed by atoms with Crippen LogP contribution in [0.1, 0.15) is 32.2 Å². The van der Waals surface area contributed by atoms with Crippen molar-refractivity contribution in [3.8, 4) is 0 Å². The van der Waals surface area contributed by atoms with Crippen LogP contribution in [0.4, 0.5) is 16.2 Å². The summed E-state index contributed by atoms with van der Waals surface area (Å²) in [5.41, 5.74) is 1.96. The van der Waals surface area contributed by atoms with Gasteiger partial charge in [0.05, 0.1) is 37.3 Å². The fourth-order valence-electron chi connectivity index (χ4n) is 2.68. The molecule has 3 heterocycles. The molecule has 25 heavy (non-hydrogen) atoms. The molecule has 0 unspecified atom stereocenters. The average molecular weight is 348 g/mol. The van der Waals surface area contributed by atoms with Gasteiger partial charge in [0.2, 0.25) is 5.95 Å². The predicted octanol–water partition coefficient (Wildman–Crippen LogP) is 2.11. The average Bonchev–Trinajstić information content (AvgIpc) is 3.05. The molecule has 3 rings (SSSR count). The van der Waals surface area contributed by atoms with Gasteiger partial charge in [-0.15, -0.1) is 0 Å². The first-order valence-electron chi connectivity index (χ1n) is 8.46. The van der Waals surface area contributed by atoms with Crippen molar-refractivity contribution in [2.24, 2.45) is 0 Å². The molecule has 0 spiro atoms. The van der Waals surface area contributed by atoms with Gasteiger partial charge in [0.1, 0.15) is 0 Å². The highest BCUT2D eigenvalue weighted by atomic mass is 19.1. The van der Waals surface area contributed by atoms with Gasteiger partial charge in [-0.3, -0.25) is 5.10 Å². The molecule has 8 heteroatoms. The molecule has 0 aromatic carbocycles. The SMILES string of the molecule is CN(Cc1cc(C(C)(C)C)n[nH]1)c1ncc(F)c(N2CCOCC2)n1. The Morgan fingerprint density at radius 2 is 2.04 bits per heavy atom. The van der Waals surface area contributed by atoms with E-state index in [1.54, 1.807) is 0 Å². The lowest BCUT2D eigenvalue weighted by Gasteiger charge is -2.28. The number of nitrogens with zero attached hydrogens (tertiary/aromatic N) is 5. The Morgan fingerprint density at radius 3 is 2.68 bits per heavy atom. The first kappa shape index (κ1) is 17.6. The summed E-state index contributed by atoms with van der Waals surface area (Å²) in [5.74, 6) is 0.408. The van der Waals surface area contributed by atoms with Crippen LogP contribution in [0.25, 0.3) is 0 Å². The second-order valence-electron chi connectivity index (χ2n) is 7.33. The van der Waals surface area contributed by atoms with Crippen LogP contribution in [-0.4, -0.2) is 53.5 Å². The van der Waals surface area contributed by atoms with Crippen LogP contribution in [0.15, 0.2) is 12.3 Å². The maximum atomic E-state index is 14.1. The highest BCUT2D eigenvalue weighted by Crippen LogP contribution is 2.23. The van der Waals surface area contributed by atoms with Crippen LogP contribution < -0.4 is 9.80 Å². The van der Waals surface area contributed by atoms with Gasteiger partial charge in [-0.1, -0.05) is 20.8 Å². The van der Waals surface area contributed by atoms with Crippen molar-refractivity contribution < 1.29 is 9.13 Å². The molecule has 7 nitrogen and oxygen atoms in total. The van der Waals surface area contributed by atoms with Gasteiger partial charge in [0, 0.05) is 25.6 Å². The predicted molar refractivity (Wildman–Crippen MR) is 94.4 cm³/mol. The summed E-state index contributed by atoms with van der Waals surface area (Å²) >= 11 is 0. The molecule has 2 aromatic rings. The van der Waals surface area contributed by atoms with Gasteiger partial charge in [-0.05, 0) is 6.07 Å². The number of hydrogen-bond donors (Lipinski definition) is 1. The largest absolute Gasteiger partial charge is 0.378 e. The minimum Gasteiger partial charge on any atom is -0.378 e. The van der Waals surface area contributed by atoms with Crippen molar-refractivity contribution in [3.05, 3.63) is 29.5 Å². The van der Waals surface area contributed by atoms with Crippen molar-refractivity contribution in [1.82, 2.24) is 20.2 Å². The number of morpholine rings is 1. The van der Waals surface area contributed by atoms with Gasteiger partial charge < -0.3 is 14.5 Å². The Balaban J connectivity index is 1.75. The standard InChI is InChI=1S/C17H25FN6O/c1-17(2,3)14-9-12(21-22-14)11-23(4)16-19-10-13(18)15(20-16)24-5-7-25-8-6-24/h9-10H,5-8,11H2,1-4H3,(H,21,22). The maximum absolute atomic E-state index is 14.1. The topological polar surface area (TPSA) is 70.2 Å². The van der Waals surface area contributed by atoms with Crippen LogP contribution in [0.2, 0.25) is 0 Å². The normalized spacial score (nSPS) is 15.5. The molecular formula is C17H25FN6O. The Labute approximate surface area is 147 Å². The van der Waals surface area contributed by atoms with E-state index in [9.17, 15) is 4.39 Å². The Bertz CT molecular complexity index is 720. The summed E-state index contributed by atoms with van der Waals surface area (Å²) in [5, 5.41) is 7.42. The van der Waals surface area contributed by atoms with E-state index in [2.05, 4.69) is 40.9 Å². The molecule has 0 bridgehead atoms. The zero-order chi connectivity index (χ0) is 18.0. The summed E-state index contributed by atoms with van der Waals surface area (Å²) in [7, 11) is 1.88. The zero-order valence-corrected chi connectivity index (χ0v) is 15.2. The summed E-state index contributed by atoms with van der Waals surface area (Å²) < 4.78 is 19.5. The van der Waals surface area contributed by atoms with Gasteiger partial charge in [0.25, 0.3) is 0 Å². The van der Waals surface area contributed by atoms with E-state index in [-0.39, 0.29) is 5.41 Å². The molecule has 1 aliphatic heterocycles. The first-order chi connectivity index (χ1) is 11.8. The molecule has 1 saturated heterocycles. The molecule has 0 aliphatic carbocycles. The van der Waals surface area contributed by atoms with Gasteiger partial charge in [-0.25, -0.2) is 9.37 Å². The molecule has 1 aliphatic rings. The molecule has 136 valence electrons. The number of halogens is 1. The quantitative estimate of drug-likeness (QED) is 0.913. The minimum absolute atomic E-state index is 0.0107. The third kappa shape index (κ3) is 4.07. The zero-order valence-electron chi connectivity index (χ0n) is 15.2. The number of H-pyrrole nitrogens is 1. The second kappa shape index (κ2) is 6.95. The van der Waals surface area contributed by atoms with E-state index in [1.807, 2.05) is 22.9 Å². The fraction of sp³-hybridized carbons (Fsp3) is 0.588. The van der Waals surface area contributed by atoms with E-state index < -0.39 is 5.82 Å². The maximum Gasteiger partial charge on any atom is 0.227 e. The van der Waals surface area contributed by atoms with E-state index >= 15 is 0 Å². The van der Waals surface area contributed by atoms with E-state index in [0.717, 1.165) is 11.4 Å². The van der Waals surface area contributed by atoms with Crippen molar-refractivity contribution in [1.29, 1.82) is 0 Å². The van der Waals surface area contributed by atoms with Gasteiger partial charge in [-0.2, -0.15) is 10.1 Å². The Hall–Kier alpha value is -2.22. The molecule has 1 N–H and O–H groups in total. The van der Waals surface area contributed by atoms with Gasteiger partial charge in [0.15, 0.2) is 11.6 Å². The molecule has 2 aromatic heterocycles. The number of anilines is 2. The molecular weight excluding hydrogens is 323 g/mol. The highest BCUT2D eigenvalue weighted by molar-refractivity contribution is 5.45. The monoisotopic (exact) mass is 348 g/mol. The fourth-order valence-corrected chi connectivity index (χ4v) is 2.68. The van der Waals surface area contributed by atoms with Crippen molar-refractivity contribution in [3.63, 3.8) is 0 Å². The van der Waals surface area contributed by atoms with E-state index in [0.29, 0.717) is 44.6 Å². The Kier molecular flexibility index (Phi) is 4.89. The molecule has 0 saturated carbocycles. The van der Waals surface area contributed by atoms with E-state index in [1.165, 1.54) is 6.20 Å². The Morgan fingerprint density at radius 1 is 1.32 bits per heavy atom. The van der Waals surface area contributed by atoms with Crippen LogP contribution in [0, 0.1) is 5.82 Å². The first-order valence-corrected chi connectivity index (χ1v) is 8.46. The lowest BCUT2D eigenvalue weighted by molar-refractivity contribution is 0.122. The molecule has 0 amide bonds. The minimum atomic E-state index is -0.407. The third-order valence-electron chi connectivity index (χ3n) is 4.17. The summed E-state index contributed by atoms with van der Waals surface area (Å²) in [6.07, 6.45) is 1.23. The third-order valence-corrected chi connectivity index (χ3v) is 4.17. The highest BCUT2D eigenvalue weighted by Gasteiger charge is 2.20. The smallest absolute Gasteiger partial charge is 0.227 e. The molecule has 0 atom stereocenters. The molecule has 0 radical (unpaired) electrons. The summed E-state index contributed by atoms with van der Waals surface area (Å²) in [6.45, 7) is 9.35. The van der Waals surface area contributed by atoms with Crippen molar-refractivity contribution in [2.45, 2.75) is 32.7 Å². The molecule has 1 fully saturated rings. The van der Waals surface area contributed by atoms with E-state index in [4.69, 9.17) is 4.74 Å². The van der Waals surface area contributed by atoms with Crippen LogP contribution in [0.5, 0.6) is 0 Å². The van der Waals surface area contributed by atoms with Crippen molar-refractivity contribution >= 4 is 11.8 Å². The summed E-state index contributed by atoms with van der Waals surface area (Å²) in [6, 6.07) is 2.04. The summed E-state index contributed by atoms with van der Waals surface area (Å²) in [4.78, 5) is 12.3. The number of nitrogens with one attached hydrogen (secondary N) is 1. The number of aromatic nitrogens is 4. The van der Waals surface area contributed by atoms with Crippen LogP contribution >= 0.6 is 0 Å². The van der Waals surface area contributed by atoms with Crippen LogP contribution in [0.3, 0.4) is 0 Å². The second-order valence-corrected chi connectivity index (χ2v) is 7.33. The van der Waals surface area contributed by atoms with Crippen LogP contribution in [-0.2, 0) is 16.7 Å². The number of aromatic amines is 1.